The van der Waals surface area contributed by atoms with Crippen LogP contribution in [-0.2, 0) is 15.2 Å². The third-order valence-electron chi connectivity index (χ3n) is 2.38. The smallest absolute Gasteiger partial charge is 0.161 e. The molecule has 0 aliphatic heterocycles. The molecule has 0 atom stereocenters. The van der Waals surface area contributed by atoms with E-state index in [1.54, 1.807) is 0 Å². The van der Waals surface area contributed by atoms with E-state index in [9.17, 15) is 8.42 Å². The number of ether oxygens (including phenoxy) is 2. The van der Waals surface area contributed by atoms with Crippen LogP contribution in [0.5, 0.6) is 11.5 Å². The summed E-state index contributed by atoms with van der Waals surface area (Å²) in [6.07, 6.45) is 1.70. The van der Waals surface area contributed by atoms with Crippen LogP contribution in [0.4, 0.5) is 0 Å². The van der Waals surface area contributed by atoms with Crippen LogP contribution < -0.4 is 9.47 Å². The van der Waals surface area contributed by atoms with Crippen molar-refractivity contribution in [2.75, 3.05) is 25.2 Å². The van der Waals surface area contributed by atoms with Crippen molar-refractivity contribution in [1.82, 2.24) is 0 Å². The van der Waals surface area contributed by atoms with Gasteiger partial charge < -0.3 is 9.47 Å². The molecule has 0 fully saturated rings. The normalized spacial score (nSPS) is 11.3. The summed E-state index contributed by atoms with van der Waals surface area (Å²) < 4.78 is 33.1. The van der Waals surface area contributed by atoms with E-state index >= 15 is 0 Å². The first-order chi connectivity index (χ1) is 8.96. The molecule has 0 amide bonds. The second-order valence-corrected chi connectivity index (χ2v) is 7.00. The molecule has 1 rings (SSSR count). The predicted octanol–water partition coefficient (Wildman–Crippen LogP) is 2.79. The summed E-state index contributed by atoms with van der Waals surface area (Å²) in [5.41, 5.74) is 1.10. The second-order valence-electron chi connectivity index (χ2n) is 4.18. The van der Waals surface area contributed by atoms with E-state index in [0.29, 0.717) is 31.1 Å². The minimum Gasteiger partial charge on any atom is -0.490 e. The van der Waals surface area contributed by atoms with Crippen molar-refractivity contribution in [3.63, 3.8) is 0 Å². The van der Waals surface area contributed by atoms with Gasteiger partial charge in [0.25, 0.3) is 0 Å². The number of hydrogen-bond acceptors (Lipinski definition) is 4. The van der Waals surface area contributed by atoms with Crippen LogP contribution in [0, 0.1) is 0 Å². The zero-order chi connectivity index (χ0) is 14.3. The van der Waals surface area contributed by atoms with Crippen LogP contribution in [0.25, 0.3) is 0 Å². The molecule has 4 nitrogen and oxygen atoms in total. The molecule has 0 unspecified atom stereocenters. The molecule has 0 aliphatic carbocycles. The van der Waals surface area contributed by atoms with Crippen molar-refractivity contribution in [2.45, 2.75) is 18.7 Å². The first-order valence-corrected chi connectivity index (χ1v) is 9.26. The van der Waals surface area contributed by atoms with E-state index in [2.05, 4.69) is 15.9 Å². The van der Waals surface area contributed by atoms with Gasteiger partial charge in [0.1, 0.15) is 9.84 Å². The molecule has 0 saturated heterocycles. The Morgan fingerprint density at radius 2 is 1.95 bits per heavy atom. The highest BCUT2D eigenvalue weighted by atomic mass is 79.9. The zero-order valence-corrected chi connectivity index (χ0v) is 13.6. The fourth-order valence-corrected chi connectivity index (χ4v) is 2.52. The fraction of sp³-hybridized carbons (Fsp3) is 0.538. The van der Waals surface area contributed by atoms with Crippen molar-refractivity contribution in [2.24, 2.45) is 0 Å². The van der Waals surface area contributed by atoms with Gasteiger partial charge in [0.2, 0.25) is 0 Å². The van der Waals surface area contributed by atoms with Gasteiger partial charge in [-0.2, -0.15) is 0 Å². The van der Waals surface area contributed by atoms with Crippen LogP contribution in [0.3, 0.4) is 0 Å². The standard InChI is InChI=1S/C13H19BrO4S/c1-3-17-13-9-11(10-14)5-6-12(13)18-7-4-8-19(2,15)16/h5-6,9H,3-4,7-8,10H2,1-2H3. The fourth-order valence-electron chi connectivity index (χ4n) is 1.53. The molecule has 0 aromatic heterocycles. The van der Waals surface area contributed by atoms with E-state index in [0.717, 1.165) is 10.9 Å². The highest BCUT2D eigenvalue weighted by Gasteiger charge is 2.07. The summed E-state index contributed by atoms with van der Waals surface area (Å²) in [6.45, 7) is 2.83. The van der Waals surface area contributed by atoms with Gasteiger partial charge in [-0.3, -0.25) is 0 Å². The third kappa shape index (κ3) is 6.29. The van der Waals surface area contributed by atoms with Gasteiger partial charge in [-0.05, 0) is 31.0 Å². The highest BCUT2D eigenvalue weighted by Crippen LogP contribution is 2.29. The Morgan fingerprint density at radius 1 is 1.21 bits per heavy atom. The minimum absolute atomic E-state index is 0.135. The number of sulfone groups is 1. The first-order valence-electron chi connectivity index (χ1n) is 6.08. The largest absolute Gasteiger partial charge is 0.490 e. The lowest BCUT2D eigenvalue weighted by molar-refractivity contribution is 0.277. The lowest BCUT2D eigenvalue weighted by Gasteiger charge is -2.12. The number of halogens is 1. The van der Waals surface area contributed by atoms with Crippen molar-refractivity contribution in [3.05, 3.63) is 23.8 Å². The lowest BCUT2D eigenvalue weighted by atomic mass is 10.2. The van der Waals surface area contributed by atoms with Crippen molar-refractivity contribution >= 4 is 25.8 Å². The zero-order valence-electron chi connectivity index (χ0n) is 11.2. The average Bonchev–Trinajstić information content (AvgIpc) is 2.35. The van der Waals surface area contributed by atoms with E-state index in [-0.39, 0.29) is 5.75 Å². The van der Waals surface area contributed by atoms with E-state index in [1.165, 1.54) is 6.26 Å². The third-order valence-corrected chi connectivity index (χ3v) is 4.06. The Kier molecular flexibility index (Phi) is 6.65. The molecule has 0 spiro atoms. The highest BCUT2D eigenvalue weighted by molar-refractivity contribution is 9.08. The summed E-state index contributed by atoms with van der Waals surface area (Å²) in [6, 6.07) is 5.72. The van der Waals surface area contributed by atoms with E-state index in [1.807, 2.05) is 25.1 Å². The van der Waals surface area contributed by atoms with Crippen LogP contribution >= 0.6 is 15.9 Å². The summed E-state index contributed by atoms with van der Waals surface area (Å²) in [4.78, 5) is 0. The molecule has 0 bridgehead atoms. The molecule has 0 N–H and O–H groups in total. The lowest BCUT2D eigenvalue weighted by Crippen LogP contribution is -2.08. The second kappa shape index (κ2) is 7.75. The Morgan fingerprint density at radius 3 is 2.53 bits per heavy atom. The first kappa shape index (κ1) is 16.3. The maximum absolute atomic E-state index is 11.0. The van der Waals surface area contributed by atoms with E-state index in [4.69, 9.17) is 9.47 Å². The Balaban J connectivity index is 2.61. The topological polar surface area (TPSA) is 52.6 Å². The minimum atomic E-state index is -2.93. The molecule has 0 heterocycles. The molecule has 108 valence electrons. The maximum Gasteiger partial charge on any atom is 0.161 e. The van der Waals surface area contributed by atoms with Crippen molar-refractivity contribution < 1.29 is 17.9 Å². The summed E-state index contributed by atoms with van der Waals surface area (Å²) >= 11 is 3.39. The summed E-state index contributed by atoms with van der Waals surface area (Å²) in [7, 11) is -2.93. The Labute approximate surface area is 123 Å². The van der Waals surface area contributed by atoms with Gasteiger partial charge in [0, 0.05) is 11.6 Å². The SMILES string of the molecule is CCOc1cc(CBr)ccc1OCCCS(C)(=O)=O. The molecular formula is C13H19BrO4S. The average molecular weight is 351 g/mol. The number of alkyl halides is 1. The van der Waals surface area contributed by atoms with Crippen LogP contribution in [0.2, 0.25) is 0 Å². The summed E-state index contributed by atoms with van der Waals surface area (Å²) in [5, 5.41) is 0.751. The van der Waals surface area contributed by atoms with Gasteiger partial charge in [-0.15, -0.1) is 0 Å². The van der Waals surface area contributed by atoms with Crippen molar-refractivity contribution in [3.8, 4) is 11.5 Å². The number of hydrogen-bond donors (Lipinski definition) is 0. The van der Waals surface area contributed by atoms with Gasteiger partial charge in [-0.25, -0.2) is 8.42 Å². The van der Waals surface area contributed by atoms with Crippen LogP contribution in [0.1, 0.15) is 18.9 Å². The van der Waals surface area contributed by atoms with Gasteiger partial charge in [-0.1, -0.05) is 22.0 Å². The van der Waals surface area contributed by atoms with Crippen LogP contribution in [-0.4, -0.2) is 33.6 Å². The van der Waals surface area contributed by atoms with Crippen molar-refractivity contribution in [1.29, 1.82) is 0 Å². The number of rotatable bonds is 8. The monoisotopic (exact) mass is 350 g/mol. The molecule has 0 saturated carbocycles. The maximum atomic E-state index is 11.0. The number of benzene rings is 1. The molecule has 1 aromatic rings. The Hall–Kier alpha value is -0.750. The molecule has 6 heteroatoms. The predicted molar refractivity (Wildman–Crippen MR) is 80.1 cm³/mol. The summed E-state index contributed by atoms with van der Waals surface area (Å²) in [5.74, 6) is 1.48. The molecule has 0 radical (unpaired) electrons. The molecule has 19 heavy (non-hydrogen) atoms. The quantitative estimate of drug-likeness (QED) is 0.534. The van der Waals surface area contributed by atoms with Gasteiger partial charge in [0.05, 0.1) is 19.0 Å². The van der Waals surface area contributed by atoms with Gasteiger partial charge >= 0.3 is 0 Å². The molecule has 1 aromatic carbocycles. The Bertz CT molecular complexity index is 499. The molecule has 0 aliphatic rings. The van der Waals surface area contributed by atoms with Gasteiger partial charge in [0.15, 0.2) is 11.5 Å². The molecular weight excluding hydrogens is 332 g/mol. The van der Waals surface area contributed by atoms with E-state index < -0.39 is 9.84 Å². The van der Waals surface area contributed by atoms with Crippen LogP contribution in [0.15, 0.2) is 18.2 Å².